The summed E-state index contributed by atoms with van der Waals surface area (Å²) in [7, 11) is 0. The van der Waals surface area contributed by atoms with Crippen LogP contribution in [-0.2, 0) is 0 Å². The van der Waals surface area contributed by atoms with Crippen LogP contribution >= 0.6 is 0 Å². The second-order valence-electron chi connectivity index (χ2n) is 5.77. The number of hydrogen-bond donors (Lipinski definition) is 1. The molecule has 1 N–H and O–H groups in total. The molecule has 2 fully saturated rings. The van der Waals surface area contributed by atoms with Crippen LogP contribution in [0.5, 0.6) is 0 Å². The van der Waals surface area contributed by atoms with Gasteiger partial charge in [0.25, 0.3) is 0 Å². The van der Waals surface area contributed by atoms with E-state index in [4.69, 9.17) is 0 Å². The molecule has 1 aliphatic carbocycles. The molecule has 2 nitrogen and oxygen atoms in total. The van der Waals surface area contributed by atoms with E-state index in [1.165, 1.54) is 45.2 Å². The third-order valence-corrected chi connectivity index (χ3v) is 4.04. The molecule has 2 aliphatic rings. The molecule has 15 heavy (non-hydrogen) atoms. The summed E-state index contributed by atoms with van der Waals surface area (Å²) in [6.45, 7) is 5.66. The number of likely N-dealkylation sites (tertiary alicyclic amines) is 1. The molecule has 2 rings (SSSR count). The van der Waals surface area contributed by atoms with E-state index in [1.807, 2.05) is 0 Å². The van der Waals surface area contributed by atoms with E-state index in [0.29, 0.717) is 0 Å². The lowest BCUT2D eigenvalue weighted by molar-refractivity contribution is -0.0335. The topological polar surface area (TPSA) is 23.5 Å². The molecule has 1 saturated carbocycles. The zero-order valence-corrected chi connectivity index (χ0v) is 10.0. The highest BCUT2D eigenvalue weighted by Crippen LogP contribution is 2.30. The van der Waals surface area contributed by atoms with E-state index >= 15 is 0 Å². The number of β-amino-alcohol motifs (C(OH)–C–C–N with tert-alkyl or cyclic N) is 1. The molecule has 1 heterocycles. The van der Waals surface area contributed by atoms with Crippen molar-refractivity contribution in [1.29, 1.82) is 0 Å². The largest absolute Gasteiger partial charge is 0.389 e. The predicted molar refractivity (Wildman–Crippen MR) is 62.9 cm³/mol. The van der Waals surface area contributed by atoms with E-state index in [0.717, 1.165) is 25.3 Å². The van der Waals surface area contributed by atoms with E-state index in [9.17, 15) is 5.11 Å². The fraction of sp³-hybridized carbons (Fsp3) is 1.00. The quantitative estimate of drug-likeness (QED) is 0.758. The summed E-state index contributed by atoms with van der Waals surface area (Å²) in [5.74, 6) is 0.825. The molecule has 1 unspecified atom stereocenters. The highest BCUT2D eigenvalue weighted by Gasteiger charge is 2.32. The van der Waals surface area contributed by atoms with Gasteiger partial charge in [0.1, 0.15) is 0 Å². The molecule has 0 aromatic rings. The maximum absolute atomic E-state index is 10.5. The molecule has 0 bridgehead atoms. The Morgan fingerprint density at radius 1 is 1.20 bits per heavy atom. The monoisotopic (exact) mass is 211 g/mol. The van der Waals surface area contributed by atoms with Crippen molar-refractivity contribution in [3.8, 4) is 0 Å². The van der Waals surface area contributed by atoms with Gasteiger partial charge in [-0.3, -0.25) is 0 Å². The van der Waals surface area contributed by atoms with Crippen molar-refractivity contribution in [3.63, 3.8) is 0 Å². The van der Waals surface area contributed by atoms with Crippen molar-refractivity contribution in [2.75, 3.05) is 19.6 Å². The summed E-state index contributed by atoms with van der Waals surface area (Å²) in [5, 5.41) is 10.5. The van der Waals surface area contributed by atoms with Crippen LogP contribution in [0.4, 0.5) is 0 Å². The summed E-state index contributed by atoms with van der Waals surface area (Å²) < 4.78 is 0. The Hall–Kier alpha value is -0.0800. The Morgan fingerprint density at radius 2 is 1.93 bits per heavy atom. The first-order valence-corrected chi connectivity index (χ1v) is 6.63. The number of nitrogens with zero attached hydrogens (tertiary/aromatic N) is 1. The normalized spacial score (nSPS) is 32.8. The van der Waals surface area contributed by atoms with Gasteiger partial charge in [-0.1, -0.05) is 26.2 Å². The maximum Gasteiger partial charge on any atom is 0.0774 e. The van der Waals surface area contributed by atoms with Crippen LogP contribution < -0.4 is 0 Å². The predicted octanol–water partition coefficient (Wildman–Crippen LogP) is 2.41. The van der Waals surface area contributed by atoms with Crippen LogP contribution in [0.2, 0.25) is 0 Å². The maximum atomic E-state index is 10.5. The number of rotatable bonds is 2. The van der Waals surface area contributed by atoms with E-state index in [-0.39, 0.29) is 5.60 Å². The number of piperidine rings is 1. The standard InChI is InChI=1S/C13H25NO/c1-12-6-5-9-14(10-12)11-13(15)7-3-2-4-8-13/h12,15H,2-11H2,1H3. The minimum atomic E-state index is -0.352. The second kappa shape index (κ2) is 4.84. The number of aliphatic hydroxyl groups is 1. The zero-order chi connectivity index (χ0) is 10.7. The third-order valence-electron chi connectivity index (χ3n) is 4.04. The van der Waals surface area contributed by atoms with Gasteiger partial charge in [0.05, 0.1) is 5.60 Å². The van der Waals surface area contributed by atoms with E-state index < -0.39 is 0 Å². The fourth-order valence-electron chi connectivity index (χ4n) is 3.21. The van der Waals surface area contributed by atoms with Crippen LogP contribution in [0, 0.1) is 5.92 Å². The van der Waals surface area contributed by atoms with E-state index in [1.54, 1.807) is 0 Å². The molecule has 0 aromatic carbocycles. The van der Waals surface area contributed by atoms with Crippen molar-refractivity contribution in [1.82, 2.24) is 4.90 Å². The summed E-state index contributed by atoms with van der Waals surface area (Å²) in [6.07, 6.45) is 8.50. The van der Waals surface area contributed by atoms with Gasteiger partial charge in [-0.25, -0.2) is 0 Å². The summed E-state index contributed by atoms with van der Waals surface area (Å²) in [5.41, 5.74) is -0.352. The lowest BCUT2D eigenvalue weighted by Gasteiger charge is -2.39. The van der Waals surface area contributed by atoms with Crippen LogP contribution in [0.3, 0.4) is 0 Å². The highest BCUT2D eigenvalue weighted by atomic mass is 16.3. The Labute approximate surface area is 93.7 Å². The van der Waals surface area contributed by atoms with Crippen molar-refractivity contribution in [2.24, 2.45) is 5.92 Å². The molecule has 1 aliphatic heterocycles. The van der Waals surface area contributed by atoms with Crippen molar-refractivity contribution in [2.45, 2.75) is 57.5 Å². The molecule has 2 heteroatoms. The summed E-state index contributed by atoms with van der Waals surface area (Å²) in [4.78, 5) is 2.49. The van der Waals surface area contributed by atoms with Gasteiger partial charge in [-0.15, -0.1) is 0 Å². The highest BCUT2D eigenvalue weighted by molar-refractivity contribution is 4.86. The first kappa shape index (κ1) is 11.4. The van der Waals surface area contributed by atoms with Gasteiger partial charge >= 0.3 is 0 Å². The summed E-state index contributed by atoms with van der Waals surface area (Å²) >= 11 is 0. The van der Waals surface area contributed by atoms with Crippen LogP contribution in [0.15, 0.2) is 0 Å². The van der Waals surface area contributed by atoms with Crippen LogP contribution in [0.1, 0.15) is 51.9 Å². The van der Waals surface area contributed by atoms with Crippen molar-refractivity contribution in [3.05, 3.63) is 0 Å². The van der Waals surface area contributed by atoms with Crippen molar-refractivity contribution < 1.29 is 5.11 Å². The van der Waals surface area contributed by atoms with Crippen molar-refractivity contribution >= 4 is 0 Å². The molecule has 1 atom stereocenters. The molecule has 1 saturated heterocycles. The van der Waals surface area contributed by atoms with Gasteiger partial charge < -0.3 is 10.0 Å². The first-order valence-electron chi connectivity index (χ1n) is 6.63. The zero-order valence-electron chi connectivity index (χ0n) is 10.0. The van der Waals surface area contributed by atoms with Gasteiger partial charge in [0.15, 0.2) is 0 Å². The Kier molecular flexibility index (Phi) is 3.68. The SMILES string of the molecule is CC1CCCN(CC2(O)CCCCC2)C1. The average Bonchev–Trinajstić information content (AvgIpc) is 2.18. The Morgan fingerprint density at radius 3 is 2.60 bits per heavy atom. The minimum Gasteiger partial charge on any atom is -0.389 e. The van der Waals surface area contributed by atoms with Crippen LogP contribution in [0.25, 0.3) is 0 Å². The first-order chi connectivity index (χ1) is 7.18. The molecule has 0 aromatic heterocycles. The molecule has 0 spiro atoms. The number of hydrogen-bond acceptors (Lipinski definition) is 2. The molecule has 0 amide bonds. The molecular weight excluding hydrogens is 186 g/mol. The van der Waals surface area contributed by atoms with E-state index in [2.05, 4.69) is 11.8 Å². The van der Waals surface area contributed by atoms with Gasteiger partial charge in [0.2, 0.25) is 0 Å². The molecule has 0 radical (unpaired) electrons. The van der Waals surface area contributed by atoms with Gasteiger partial charge in [-0.05, 0) is 38.1 Å². The van der Waals surface area contributed by atoms with Crippen LogP contribution in [-0.4, -0.2) is 35.2 Å². The Balaban J connectivity index is 1.83. The lowest BCUT2D eigenvalue weighted by atomic mass is 9.84. The smallest absolute Gasteiger partial charge is 0.0774 e. The fourth-order valence-corrected chi connectivity index (χ4v) is 3.21. The molecule has 88 valence electrons. The van der Waals surface area contributed by atoms with Gasteiger partial charge in [0, 0.05) is 13.1 Å². The minimum absolute atomic E-state index is 0.352. The average molecular weight is 211 g/mol. The molecular formula is C13H25NO. The Bertz CT molecular complexity index is 199. The third kappa shape index (κ3) is 3.18. The van der Waals surface area contributed by atoms with Gasteiger partial charge in [-0.2, -0.15) is 0 Å². The second-order valence-corrected chi connectivity index (χ2v) is 5.77. The summed E-state index contributed by atoms with van der Waals surface area (Å²) in [6, 6.07) is 0. The lowest BCUT2D eigenvalue weighted by Crippen LogP contribution is -2.47.